The van der Waals surface area contributed by atoms with E-state index < -0.39 is 0 Å². The Hall–Kier alpha value is -2.18. The zero-order valence-electron chi connectivity index (χ0n) is 9.36. The number of hydrazone groups is 1. The largest absolute Gasteiger partial charge is 0.344 e. The van der Waals surface area contributed by atoms with Gasteiger partial charge in [0.1, 0.15) is 5.71 Å². The summed E-state index contributed by atoms with van der Waals surface area (Å²) in [5, 5.41) is 13.0. The average molecular weight is 235 g/mol. The highest BCUT2D eigenvalue weighted by Gasteiger charge is 2.20. The van der Waals surface area contributed by atoms with Gasteiger partial charge in [0.25, 0.3) is 5.91 Å². The van der Waals surface area contributed by atoms with Crippen LogP contribution in [0.1, 0.15) is 31.4 Å². The van der Waals surface area contributed by atoms with E-state index in [-0.39, 0.29) is 17.9 Å². The van der Waals surface area contributed by atoms with Crippen LogP contribution in [0.15, 0.2) is 17.5 Å². The molecule has 1 aliphatic heterocycles. The predicted octanol–water partition coefficient (Wildman–Crippen LogP) is -0.147. The third kappa shape index (κ3) is 2.68. The van der Waals surface area contributed by atoms with Crippen LogP contribution in [0.25, 0.3) is 0 Å². The van der Waals surface area contributed by atoms with E-state index in [0.29, 0.717) is 18.6 Å². The first-order valence-electron chi connectivity index (χ1n) is 5.32. The molecule has 2 amide bonds. The van der Waals surface area contributed by atoms with Crippen LogP contribution in [0.5, 0.6) is 0 Å². The van der Waals surface area contributed by atoms with Crippen LogP contribution in [0.3, 0.4) is 0 Å². The topological polar surface area (TPSA) is 99.2 Å². The maximum Gasteiger partial charge on any atom is 0.267 e. The van der Waals surface area contributed by atoms with Crippen molar-refractivity contribution >= 4 is 17.5 Å². The standard InChI is InChI=1S/C10H13N5O2/c1-6(7-4-11-12-5-7)13-10(17)8-2-3-9(16)15-14-8/h4-6H,2-3H2,1H3,(H,11,12)(H,13,17)(H,15,16). The molecule has 0 bridgehead atoms. The molecule has 1 aromatic heterocycles. The summed E-state index contributed by atoms with van der Waals surface area (Å²) >= 11 is 0. The Balaban J connectivity index is 1.95. The molecule has 0 saturated carbocycles. The molecule has 2 rings (SSSR count). The number of amides is 2. The number of hydrogen-bond acceptors (Lipinski definition) is 4. The lowest BCUT2D eigenvalue weighted by atomic mass is 10.1. The number of nitrogens with zero attached hydrogens (tertiary/aromatic N) is 2. The van der Waals surface area contributed by atoms with Gasteiger partial charge in [-0.3, -0.25) is 14.7 Å². The fourth-order valence-corrected chi connectivity index (χ4v) is 1.50. The number of nitrogens with one attached hydrogen (secondary N) is 3. The van der Waals surface area contributed by atoms with Crippen LogP contribution in [-0.4, -0.2) is 27.7 Å². The maximum atomic E-state index is 11.8. The summed E-state index contributed by atoms with van der Waals surface area (Å²) in [7, 11) is 0. The van der Waals surface area contributed by atoms with Crippen molar-refractivity contribution in [2.24, 2.45) is 5.10 Å². The zero-order chi connectivity index (χ0) is 12.3. The molecule has 0 fully saturated rings. The van der Waals surface area contributed by atoms with E-state index in [1.54, 1.807) is 12.4 Å². The van der Waals surface area contributed by atoms with Gasteiger partial charge in [-0.25, -0.2) is 5.43 Å². The fraction of sp³-hybridized carbons (Fsp3) is 0.400. The molecule has 1 unspecified atom stereocenters. The summed E-state index contributed by atoms with van der Waals surface area (Å²) in [5.74, 6) is -0.428. The first-order chi connectivity index (χ1) is 8.16. The van der Waals surface area contributed by atoms with Crippen LogP contribution in [-0.2, 0) is 9.59 Å². The summed E-state index contributed by atoms with van der Waals surface area (Å²) in [5.41, 5.74) is 3.53. The van der Waals surface area contributed by atoms with Gasteiger partial charge in [-0.1, -0.05) is 0 Å². The highest BCUT2D eigenvalue weighted by molar-refractivity contribution is 6.39. The fourth-order valence-electron chi connectivity index (χ4n) is 1.50. The van der Waals surface area contributed by atoms with Crippen molar-refractivity contribution < 1.29 is 9.59 Å². The van der Waals surface area contributed by atoms with E-state index >= 15 is 0 Å². The van der Waals surface area contributed by atoms with E-state index in [4.69, 9.17) is 0 Å². The molecule has 0 saturated heterocycles. The van der Waals surface area contributed by atoms with Crippen molar-refractivity contribution in [1.82, 2.24) is 20.9 Å². The number of aromatic amines is 1. The van der Waals surface area contributed by atoms with Gasteiger partial charge in [-0.05, 0) is 6.92 Å². The molecule has 7 heteroatoms. The number of aromatic nitrogens is 2. The molecule has 17 heavy (non-hydrogen) atoms. The minimum absolute atomic E-state index is 0.151. The molecule has 0 aromatic carbocycles. The van der Waals surface area contributed by atoms with Crippen LogP contribution in [0.4, 0.5) is 0 Å². The number of hydrogen-bond donors (Lipinski definition) is 3. The first kappa shape index (κ1) is 11.3. The lowest BCUT2D eigenvalue weighted by Gasteiger charge is -2.15. The molecule has 0 spiro atoms. The van der Waals surface area contributed by atoms with E-state index in [1.807, 2.05) is 6.92 Å². The second-order valence-electron chi connectivity index (χ2n) is 3.82. The molecular weight excluding hydrogens is 222 g/mol. The molecule has 2 heterocycles. The highest BCUT2D eigenvalue weighted by Crippen LogP contribution is 2.09. The van der Waals surface area contributed by atoms with Crippen molar-refractivity contribution in [3.05, 3.63) is 18.0 Å². The molecule has 0 aliphatic carbocycles. The Labute approximate surface area is 97.7 Å². The van der Waals surface area contributed by atoms with Gasteiger partial charge in [0.15, 0.2) is 0 Å². The minimum atomic E-state index is -0.265. The molecule has 1 atom stereocenters. The predicted molar refractivity (Wildman–Crippen MR) is 60.0 cm³/mol. The molecule has 7 nitrogen and oxygen atoms in total. The van der Waals surface area contributed by atoms with Crippen LogP contribution >= 0.6 is 0 Å². The van der Waals surface area contributed by atoms with E-state index in [2.05, 4.69) is 26.0 Å². The third-order valence-electron chi connectivity index (χ3n) is 2.53. The quantitative estimate of drug-likeness (QED) is 0.679. The molecule has 90 valence electrons. The Morgan fingerprint density at radius 3 is 2.94 bits per heavy atom. The van der Waals surface area contributed by atoms with Crippen LogP contribution in [0.2, 0.25) is 0 Å². The Morgan fingerprint density at radius 1 is 1.53 bits per heavy atom. The zero-order valence-corrected chi connectivity index (χ0v) is 9.36. The summed E-state index contributed by atoms with van der Waals surface area (Å²) in [6, 6.07) is -0.151. The number of carbonyl (C=O) groups excluding carboxylic acids is 2. The first-order valence-corrected chi connectivity index (χ1v) is 5.32. The number of carbonyl (C=O) groups is 2. The van der Waals surface area contributed by atoms with E-state index in [9.17, 15) is 9.59 Å². The van der Waals surface area contributed by atoms with Gasteiger partial charge in [0.05, 0.1) is 12.2 Å². The van der Waals surface area contributed by atoms with Crippen LogP contribution < -0.4 is 10.7 Å². The van der Waals surface area contributed by atoms with E-state index in [1.165, 1.54) is 0 Å². The molecule has 3 N–H and O–H groups in total. The van der Waals surface area contributed by atoms with Crippen LogP contribution in [0, 0.1) is 0 Å². The number of H-pyrrole nitrogens is 1. The van der Waals surface area contributed by atoms with Gasteiger partial charge < -0.3 is 5.32 Å². The van der Waals surface area contributed by atoms with Gasteiger partial charge >= 0.3 is 0 Å². The molecule has 1 aromatic rings. The second-order valence-corrected chi connectivity index (χ2v) is 3.82. The van der Waals surface area contributed by atoms with Gasteiger partial charge in [-0.15, -0.1) is 0 Å². The van der Waals surface area contributed by atoms with Crippen molar-refractivity contribution in [3.63, 3.8) is 0 Å². The van der Waals surface area contributed by atoms with E-state index in [0.717, 1.165) is 5.56 Å². The highest BCUT2D eigenvalue weighted by atomic mass is 16.2. The smallest absolute Gasteiger partial charge is 0.267 e. The summed E-state index contributed by atoms with van der Waals surface area (Å²) < 4.78 is 0. The SMILES string of the molecule is CC(NC(=O)C1=NNC(=O)CC1)c1cn[nH]c1. The normalized spacial score (nSPS) is 17.0. The number of rotatable bonds is 3. The lowest BCUT2D eigenvalue weighted by molar-refractivity contribution is -0.121. The van der Waals surface area contributed by atoms with Crippen molar-refractivity contribution in [1.29, 1.82) is 0 Å². The van der Waals surface area contributed by atoms with Gasteiger partial charge in [0, 0.05) is 24.6 Å². The molecule has 1 aliphatic rings. The Bertz CT molecular complexity index is 451. The maximum absolute atomic E-state index is 11.8. The molecular formula is C10H13N5O2. The average Bonchev–Trinajstić information content (AvgIpc) is 2.83. The van der Waals surface area contributed by atoms with Crippen molar-refractivity contribution in [2.75, 3.05) is 0 Å². The van der Waals surface area contributed by atoms with Gasteiger partial charge in [-0.2, -0.15) is 10.2 Å². The summed E-state index contributed by atoms with van der Waals surface area (Å²) in [6.45, 7) is 1.85. The second kappa shape index (κ2) is 4.77. The minimum Gasteiger partial charge on any atom is -0.344 e. The third-order valence-corrected chi connectivity index (χ3v) is 2.53. The Kier molecular flexibility index (Phi) is 3.17. The lowest BCUT2D eigenvalue weighted by Crippen LogP contribution is -2.37. The summed E-state index contributed by atoms with van der Waals surface area (Å²) in [6.07, 6.45) is 4.03. The summed E-state index contributed by atoms with van der Waals surface area (Å²) in [4.78, 5) is 22.7. The molecule has 0 radical (unpaired) electrons. The van der Waals surface area contributed by atoms with Gasteiger partial charge in [0.2, 0.25) is 5.91 Å². The van der Waals surface area contributed by atoms with Crippen molar-refractivity contribution in [3.8, 4) is 0 Å². The monoisotopic (exact) mass is 235 g/mol. The Morgan fingerprint density at radius 2 is 2.35 bits per heavy atom. The van der Waals surface area contributed by atoms with Crippen molar-refractivity contribution in [2.45, 2.75) is 25.8 Å².